The van der Waals surface area contributed by atoms with Crippen molar-refractivity contribution in [3.8, 4) is 0 Å². The Bertz CT molecular complexity index is 794. The summed E-state index contributed by atoms with van der Waals surface area (Å²) in [7, 11) is 0. The largest absolute Gasteiger partial charge is 0.353 e. The molecule has 1 aromatic heterocycles. The van der Waals surface area contributed by atoms with Crippen molar-refractivity contribution < 1.29 is 4.79 Å². The van der Waals surface area contributed by atoms with Crippen molar-refractivity contribution in [1.82, 2.24) is 15.3 Å². The van der Waals surface area contributed by atoms with E-state index in [1.807, 2.05) is 0 Å². The fourth-order valence-corrected chi connectivity index (χ4v) is 5.21. The van der Waals surface area contributed by atoms with Crippen LogP contribution >= 0.6 is 0 Å². The second kappa shape index (κ2) is 6.47. The standard InChI is InChI=1S/C21H29N3O/c1-12-8-13(2)21-18(9-12)23-19(24-21)6-7-20(25)22-14(3)17-11-15-4-5-16(17)10-15/h8-9,14-17H,4-7,10-11H2,1-3H3,(H,22,25)(H,23,24)/t14-,15-,16-,17+/m0/s1. The van der Waals surface area contributed by atoms with Crippen LogP contribution in [-0.2, 0) is 11.2 Å². The van der Waals surface area contributed by atoms with Crippen LogP contribution in [0.3, 0.4) is 0 Å². The highest BCUT2D eigenvalue weighted by molar-refractivity contribution is 5.80. The van der Waals surface area contributed by atoms with E-state index in [4.69, 9.17) is 0 Å². The molecule has 2 saturated carbocycles. The first-order valence-electron chi connectivity index (χ1n) is 9.75. The number of benzene rings is 1. The third kappa shape index (κ3) is 3.31. The van der Waals surface area contributed by atoms with Crippen LogP contribution in [-0.4, -0.2) is 21.9 Å². The number of amides is 1. The van der Waals surface area contributed by atoms with Gasteiger partial charge in [-0.25, -0.2) is 4.98 Å². The van der Waals surface area contributed by atoms with Crippen LogP contribution in [0.1, 0.15) is 56.0 Å². The van der Waals surface area contributed by atoms with Gasteiger partial charge in [0.15, 0.2) is 0 Å². The minimum Gasteiger partial charge on any atom is -0.353 e. The van der Waals surface area contributed by atoms with Gasteiger partial charge in [-0.2, -0.15) is 0 Å². The molecule has 2 aliphatic rings. The van der Waals surface area contributed by atoms with Gasteiger partial charge in [0.2, 0.25) is 5.91 Å². The van der Waals surface area contributed by atoms with Crippen LogP contribution < -0.4 is 5.32 Å². The number of imidazole rings is 1. The maximum Gasteiger partial charge on any atom is 0.220 e. The molecule has 2 bridgehead atoms. The number of hydrogen-bond donors (Lipinski definition) is 2. The normalized spacial score (nSPS) is 26.3. The lowest BCUT2D eigenvalue weighted by Gasteiger charge is -2.28. The first-order chi connectivity index (χ1) is 12.0. The second-order valence-corrected chi connectivity index (χ2v) is 8.36. The lowest BCUT2D eigenvalue weighted by Crippen LogP contribution is -2.40. The summed E-state index contributed by atoms with van der Waals surface area (Å²) < 4.78 is 0. The average Bonchev–Trinajstić information content (AvgIpc) is 3.27. The fraction of sp³-hybridized carbons (Fsp3) is 0.619. The van der Waals surface area contributed by atoms with Gasteiger partial charge in [-0.1, -0.05) is 12.5 Å². The van der Waals surface area contributed by atoms with Gasteiger partial charge >= 0.3 is 0 Å². The van der Waals surface area contributed by atoms with Crippen molar-refractivity contribution in [3.63, 3.8) is 0 Å². The van der Waals surface area contributed by atoms with E-state index < -0.39 is 0 Å². The summed E-state index contributed by atoms with van der Waals surface area (Å²) in [4.78, 5) is 20.4. The highest BCUT2D eigenvalue weighted by Crippen LogP contribution is 2.49. The Kier molecular flexibility index (Phi) is 4.30. The molecule has 25 heavy (non-hydrogen) atoms. The van der Waals surface area contributed by atoms with Gasteiger partial charge in [-0.05, 0) is 75.0 Å². The average molecular weight is 339 g/mol. The predicted molar refractivity (Wildman–Crippen MR) is 100 cm³/mol. The summed E-state index contributed by atoms with van der Waals surface area (Å²) in [5.74, 6) is 3.54. The number of fused-ring (bicyclic) bond motifs is 3. The molecular formula is C21H29N3O. The molecule has 0 spiro atoms. The molecule has 4 rings (SSSR count). The highest BCUT2D eigenvalue weighted by atomic mass is 16.1. The van der Waals surface area contributed by atoms with E-state index in [0.717, 1.165) is 28.7 Å². The molecule has 0 radical (unpaired) electrons. The molecule has 0 aliphatic heterocycles. The van der Waals surface area contributed by atoms with Crippen LogP contribution in [0.5, 0.6) is 0 Å². The summed E-state index contributed by atoms with van der Waals surface area (Å²) in [6, 6.07) is 4.58. The molecule has 4 nitrogen and oxygen atoms in total. The Morgan fingerprint density at radius 2 is 2.16 bits per heavy atom. The molecule has 134 valence electrons. The van der Waals surface area contributed by atoms with Crippen LogP contribution in [0.25, 0.3) is 11.0 Å². The van der Waals surface area contributed by atoms with E-state index in [0.29, 0.717) is 24.8 Å². The highest BCUT2D eigenvalue weighted by Gasteiger charge is 2.42. The van der Waals surface area contributed by atoms with Crippen molar-refractivity contribution in [2.75, 3.05) is 0 Å². The predicted octanol–water partition coefficient (Wildman–Crippen LogP) is 4.05. The SMILES string of the molecule is Cc1cc(C)c2nc(CCC(=O)N[C@@H](C)[C@H]3C[C@H]4CC[C@H]3C4)[nH]c2c1. The van der Waals surface area contributed by atoms with E-state index in [2.05, 4.69) is 48.2 Å². The van der Waals surface area contributed by atoms with Gasteiger partial charge in [0.05, 0.1) is 11.0 Å². The van der Waals surface area contributed by atoms with E-state index >= 15 is 0 Å². The van der Waals surface area contributed by atoms with Gasteiger partial charge < -0.3 is 10.3 Å². The van der Waals surface area contributed by atoms with Crippen LogP contribution in [0, 0.1) is 31.6 Å². The zero-order valence-electron chi connectivity index (χ0n) is 15.6. The van der Waals surface area contributed by atoms with E-state index in [1.54, 1.807) is 0 Å². The van der Waals surface area contributed by atoms with E-state index in [9.17, 15) is 4.79 Å². The number of aromatic nitrogens is 2. The number of carbonyl (C=O) groups excluding carboxylic acids is 1. The van der Waals surface area contributed by atoms with Crippen molar-refractivity contribution >= 4 is 16.9 Å². The molecule has 1 aromatic carbocycles. The van der Waals surface area contributed by atoms with Gasteiger partial charge in [-0.15, -0.1) is 0 Å². The number of nitrogens with one attached hydrogen (secondary N) is 2. The first kappa shape index (κ1) is 16.6. The molecule has 4 heteroatoms. The molecule has 1 amide bonds. The monoisotopic (exact) mass is 339 g/mol. The zero-order valence-corrected chi connectivity index (χ0v) is 15.6. The quantitative estimate of drug-likeness (QED) is 0.863. The fourth-order valence-electron chi connectivity index (χ4n) is 5.21. The smallest absolute Gasteiger partial charge is 0.220 e. The Morgan fingerprint density at radius 3 is 2.88 bits per heavy atom. The van der Waals surface area contributed by atoms with Gasteiger partial charge in [0, 0.05) is 18.9 Å². The molecule has 0 saturated heterocycles. The number of carbonyl (C=O) groups is 1. The van der Waals surface area contributed by atoms with E-state index in [-0.39, 0.29) is 5.91 Å². The van der Waals surface area contributed by atoms with Gasteiger partial charge in [-0.3, -0.25) is 4.79 Å². The summed E-state index contributed by atoms with van der Waals surface area (Å²) in [5, 5.41) is 3.25. The maximum atomic E-state index is 12.4. The molecule has 2 aromatic rings. The molecule has 0 unspecified atom stereocenters. The Morgan fingerprint density at radius 1 is 1.32 bits per heavy atom. The Balaban J connectivity index is 1.33. The summed E-state index contributed by atoms with van der Waals surface area (Å²) in [6.45, 7) is 6.37. The second-order valence-electron chi connectivity index (χ2n) is 8.36. The molecule has 4 atom stereocenters. The van der Waals surface area contributed by atoms with E-state index in [1.165, 1.54) is 36.8 Å². The third-order valence-corrected chi connectivity index (χ3v) is 6.38. The number of H-pyrrole nitrogens is 1. The Labute approximate surface area is 149 Å². The molecule has 2 N–H and O–H groups in total. The number of rotatable bonds is 5. The molecular weight excluding hydrogens is 310 g/mol. The minimum atomic E-state index is 0.156. The van der Waals surface area contributed by atoms with Crippen LogP contribution in [0.15, 0.2) is 12.1 Å². The van der Waals surface area contributed by atoms with Crippen LogP contribution in [0.2, 0.25) is 0 Å². The number of aryl methyl sites for hydroxylation is 3. The number of aromatic amines is 1. The zero-order chi connectivity index (χ0) is 17.6. The maximum absolute atomic E-state index is 12.4. The van der Waals surface area contributed by atoms with Crippen molar-refractivity contribution in [2.45, 2.75) is 65.3 Å². The van der Waals surface area contributed by atoms with Gasteiger partial charge in [0.1, 0.15) is 5.82 Å². The lowest BCUT2D eigenvalue weighted by atomic mass is 9.84. The summed E-state index contributed by atoms with van der Waals surface area (Å²) in [6.07, 6.45) is 6.66. The van der Waals surface area contributed by atoms with Gasteiger partial charge in [0.25, 0.3) is 0 Å². The summed E-state index contributed by atoms with van der Waals surface area (Å²) in [5.41, 5.74) is 4.52. The van der Waals surface area contributed by atoms with Crippen molar-refractivity contribution in [2.24, 2.45) is 17.8 Å². The van der Waals surface area contributed by atoms with Crippen molar-refractivity contribution in [1.29, 1.82) is 0 Å². The lowest BCUT2D eigenvalue weighted by molar-refractivity contribution is -0.122. The van der Waals surface area contributed by atoms with Crippen molar-refractivity contribution in [3.05, 3.63) is 29.1 Å². The number of hydrogen-bond acceptors (Lipinski definition) is 2. The van der Waals surface area contributed by atoms with Crippen LogP contribution in [0.4, 0.5) is 0 Å². The first-order valence-corrected chi connectivity index (χ1v) is 9.75. The molecule has 1 heterocycles. The Hall–Kier alpha value is -1.84. The molecule has 2 aliphatic carbocycles. The topological polar surface area (TPSA) is 57.8 Å². The number of nitrogens with zero attached hydrogens (tertiary/aromatic N) is 1. The molecule has 2 fully saturated rings. The summed E-state index contributed by atoms with van der Waals surface area (Å²) >= 11 is 0. The third-order valence-electron chi connectivity index (χ3n) is 6.38. The minimum absolute atomic E-state index is 0.156.